The highest BCUT2D eigenvalue weighted by Gasteiger charge is 2.06. The van der Waals surface area contributed by atoms with Crippen LogP contribution >= 0.6 is 0 Å². The van der Waals surface area contributed by atoms with Gasteiger partial charge in [0, 0.05) is 29.5 Å². The number of nitrogen functional groups attached to an aromatic ring is 1. The maximum absolute atomic E-state index is 5.90. The van der Waals surface area contributed by atoms with Crippen LogP contribution in [0.4, 0.5) is 11.4 Å². The van der Waals surface area contributed by atoms with Gasteiger partial charge in [-0.1, -0.05) is 6.07 Å². The fourth-order valence-electron chi connectivity index (χ4n) is 2.03. The Balaban J connectivity index is 2.16. The predicted molar refractivity (Wildman–Crippen MR) is 82.5 cm³/mol. The summed E-state index contributed by atoms with van der Waals surface area (Å²) in [4.78, 5) is 0. The number of hydrogen-bond acceptors (Lipinski definition) is 4. The first kappa shape index (κ1) is 14.1. The van der Waals surface area contributed by atoms with Crippen molar-refractivity contribution in [2.45, 2.75) is 13.5 Å². The molecule has 2 rings (SSSR count). The standard InChI is InChI=1S/C16H20N2O2/c1-11-14(17)5-4-6-15(11)18-10-12-7-8-13(19-2)9-16(12)20-3/h4-9,18H,10,17H2,1-3H3. The van der Waals surface area contributed by atoms with E-state index in [1.807, 2.05) is 43.3 Å². The molecule has 4 nitrogen and oxygen atoms in total. The summed E-state index contributed by atoms with van der Waals surface area (Å²) in [5, 5.41) is 3.38. The van der Waals surface area contributed by atoms with Gasteiger partial charge in [-0.05, 0) is 36.8 Å². The number of nitrogens with two attached hydrogens (primary N) is 1. The second kappa shape index (κ2) is 6.19. The van der Waals surface area contributed by atoms with Crippen molar-refractivity contribution in [3.63, 3.8) is 0 Å². The molecule has 0 unspecified atom stereocenters. The highest BCUT2D eigenvalue weighted by Crippen LogP contribution is 2.26. The van der Waals surface area contributed by atoms with Gasteiger partial charge in [-0.3, -0.25) is 0 Å². The topological polar surface area (TPSA) is 56.5 Å². The average Bonchev–Trinajstić information content (AvgIpc) is 2.48. The molecule has 0 saturated heterocycles. The van der Waals surface area contributed by atoms with Crippen LogP contribution in [0, 0.1) is 6.92 Å². The Morgan fingerprint density at radius 1 is 1.10 bits per heavy atom. The molecule has 0 heterocycles. The quantitative estimate of drug-likeness (QED) is 0.821. The molecule has 2 aromatic carbocycles. The second-order valence-corrected chi connectivity index (χ2v) is 4.55. The smallest absolute Gasteiger partial charge is 0.127 e. The third-order valence-electron chi connectivity index (χ3n) is 3.34. The Hall–Kier alpha value is -2.36. The van der Waals surface area contributed by atoms with Crippen molar-refractivity contribution in [3.8, 4) is 11.5 Å². The number of nitrogens with one attached hydrogen (secondary N) is 1. The van der Waals surface area contributed by atoms with E-state index in [-0.39, 0.29) is 0 Å². The molecule has 0 saturated carbocycles. The molecule has 2 aromatic rings. The first-order valence-corrected chi connectivity index (χ1v) is 6.45. The minimum atomic E-state index is 0.664. The summed E-state index contributed by atoms with van der Waals surface area (Å²) < 4.78 is 10.6. The van der Waals surface area contributed by atoms with Crippen LogP contribution in [0.5, 0.6) is 11.5 Å². The lowest BCUT2D eigenvalue weighted by atomic mass is 10.1. The van der Waals surface area contributed by atoms with E-state index in [9.17, 15) is 0 Å². The fraction of sp³-hybridized carbons (Fsp3) is 0.250. The van der Waals surface area contributed by atoms with E-state index in [1.165, 1.54) is 0 Å². The molecule has 0 fully saturated rings. The molecule has 20 heavy (non-hydrogen) atoms. The highest BCUT2D eigenvalue weighted by molar-refractivity contribution is 5.63. The summed E-state index contributed by atoms with van der Waals surface area (Å²) in [5.74, 6) is 1.59. The lowest BCUT2D eigenvalue weighted by Gasteiger charge is -2.14. The molecule has 0 bridgehead atoms. The van der Waals surface area contributed by atoms with Crippen LogP contribution in [-0.4, -0.2) is 14.2 Å². The van der Waals surface area contributed by atoms with Crippen molar-refractivity contribution in [3.05, 3.63) is 47.5 Å². The zero-order chi connectivity index (χ0) is 14.5. The van der Waals surface area contributed by atoms with Crippen molar-refractivity contribution in [2.75, 3.05) is 25.3 Å². The molecule has 0 aliphatic rings. The monoisotopic (exact) mass is 272 g/mol. The van der Waals surface area contributed by atoms with E-state index >= 15 is 0 Å². The molecule has 0 spiro atoms. The lowest BCUT2D eigenvalue weighted by molar-refractivity contribution is 0.391. The average molecular weight is 272 g/mol. The van der Waals surface area contributed by atoms with E-state index < -0.39 is 0 Å². The number of ether oxygens (including phenoxy) is 2. The summed E-state index contributed by atoms with van der Waals surface area (Å²) in [6.07, 6.45) is 0. The number of hydrogen-bond donors (Lipinski definition) is 2. The molecular weight excluding hydrogens is 252 g/mol. The Morgan fingerprint density at radius 3 is 2.60 bits per heavy atom. The van der Waals surface area contributed by atoms with Crippen LogP contribution in [0.2, 0.25) is 0 Å². The van der Waals surface area contributed by atoms with E-state index in [2.05, 4.69) is 5.32 Å². The minimum Gasteiger partial charge on any atom is -0.497 e. The minimum absolute atomic E-state index is 0.664. The zero-order valence-corrected chi connectivity index (χ0v) is 12.1. The Kier molecular flexibility index (Phi) is 4.35. The normalized spacial score (nSPS) is 10.2. The van der Waals surface area contributed by atoms with E-state index in [0.717, 1.165) is 34.0 Å². The molecular formula is C16H20N2O2. The molecule has 0 amide bonds. The number of anilines is 2. The number of benzene rings is 2. The van der Waals surface area contributed by atoms with Crippen LogP contribution in [0.3, 0.4) is 0 Å². The van der Waals surface area contributed by atoms with Crippen molar-refractivity contribution in [1.82, 2.24) is 0 Å². The summed E-state index contributed by atoms with van der Waals surface area (Å²) in [6, 6.07) is 11.6. The molecule has 3 N–H and O–H groups in total. The van der Waals surface area contributed by atoms with Gasteiger partial charge in [0.2, 0.25) is 0 Å². The van der Waals surface area contributed by atoms with Crippen molar-refractivity contribution in [1.29, 1.82) is 0 Å². The molecule has 0 aliphatic heterocycles. The number of methoxy groups -OCH3 is 2. The van der Waals surface area contributed by atoms with Gasteiger partial charge in [0.15, 0.2) is 0 Å². The summed E-state index contributed by atoms with van der Waals surface area (Å²) in [6.45, 7) is 2.67. The maximum atomic E-state index is 5.90. The van der Waals surface area contributed by atoms with Gasteiger partial charge < -0.3 is 20.5 Å². The van der Waals surface area contributed by atoms with Gasteiger partial charge in [0.25, 0.3) is 0 Å². The molecule has 106 valence electrons. The first-order valence-electron chi connectivity index (χ1n) is 6.45. The first-order chi connectivity index (χ1) is 9.65. The zero-order valence-electron chi connectivity index (χ0n) is 12.1. The van der Waals surface area contributed by atoms with Crippen molar-refractivity contribution in [2.24, 2.45) is 0 Å². The molecule has 0 aromatic heterocycles. The Bertz CT molecular complexity index is 597. The predicted octanol–water partition coefficient (Wildman–Crippen LogP) is 3.21. The van der Waals surface area contributed by atoms with E-state index in [4.69, 9.17) is 15.2 Å². The fourth-order valence-corrected chi connectivity index (χ4v) is 2.03. The third kappa shape index (κ3) is 2.96. The molecule has 0 radical (unpaired) electrons. The van der Waals surface area contributed by atoms with E-state index in [0.29, 0.717) is 6.54 Å². The molecule has 4 heteroatoms. The lowest BCUT2D eigenvalue weighted by Crippen LogP contribution is -2.04. The maximum Gasteiger partial charge on any atom is 0.127 e. The highest BCUT2D eigenvalue weighted by atomic mass is 16.5. The van der Waals surface area contributed by atoms with Gasteiger partial charge in [-0.2, -0.15) is 0 Å². The van der Waals surface area contributed by atoms with Crippen LogP contribution < -0.4 is 20.5 Å². The van der Waals surface area contributed by atoms with Gasteiger partial charge in [0.05, 0.1) is 14.2 Å². The summed E-state index contributed by atoms with van der Waals surface area (Å²) in [7, 11) is 3.30. The van der Waals surface area contributed by atoms with Crippen molar-refractivity contribution < 1.29 is 9.47 Å². The van der Waals surface area contributed by atoms with Gasteiger partial charge >= 0.3 is 0 Å². The van der Waals surface area contributed by atoms with Crippen LogP contribution in [-0.2, 0) is 6.54 Å². The second-order valence-electron chi connectivity index (χ2n) is 4.55. The third-order valence-corrected chi connectivity index (χ3v) is 3.34. The van der Waals surface area contributed by atoms with Crippen LogP contribution in [0.25, 0.3) is 0 Å². The van der Waals surface area contributed by atoms with Gasteiger partial charge in [-0.15, -0.1) is 0 Å². The van der Waals surface area contributed by atoms with Gasteiger partial charge in [-0.25, -0.2) is 0 Å². The molecule has 0 aliphatic carbocycles. The van der Waals surface area contributed by atoms with Crippen LogP contribution in [0.15, 0.2) is 36.4 Å². The largest absolute Gasteiger partial charge is 0.497 e. The van der Waals surface area contributed by atoms with E-state index in [1.54, 1.807) is 14.2 Å². The Labute approximate surface area is 119 Å². The summed E-state index contributed by atoms with van der Waals surface area (Å²) >= 11 is 0. The van der Waals surface area contributed by atoms with Gasteiger partial charge in [0.1, 0.15) is 11.5 Å². The van der Waals surface area contributed by atoms with Crippen molar-refractivity contribution >= 4 is 11.4 Å². The Morgan fingerprint density at radius 2 is 1.90 bits per heavy atom. The molecule has 0 atom stereocenters. The SMILES string of the molecule is COc1ccc(CNc2cccc(N)c2C)c(OC)c1. The number of rotatable bonds is 5. The summed E-state index contributed by atoms with van der Waals surface area (Å²) in [5.41, 5.74) is 9.84. The van der Waals surface area contributed by atoms with Crippen LogP contribution in [0.1, 0.15) is 11.1 Å².